The molecular formula is C21H15F2N3O2. The second-order valence-electron chi connectivity index (χ2n) is 6.04. The van der Waals surface area contributed by atoms with Gasteiger partial charge in [-0.15, -0.1) is 0 Å². The van der Waals surface area contributed by atoms with Gasteiger partial charge in [0.05, 0.1) is 0 Å². The van der Waals surface area contributed by atoms with Crippen molar-refractivity contribution in [3.05, 3.63) is 96.3 Å². The number of nitrogens with one attached hydrogen (secondary N) is 1. The van der Waals surface area contributed by atoms with E-state index in [4.69, 9.17) is 4.74 Å². The van der Waals surface area contributed by atoms with Crippen molar-refractivity contribution in [2.75, 3.05) is 5.32 Å². The van der Waals surface area contributed by atoms with E-state index in [2.05, 4.69) is 10.3 Å². The SMILES string of the molecule is O=C(Nc1cccc2nccn12)C(Oc1ccc(F)c(F)c1)c1ccccc1. The number of ether oxygens (including phenoxy) is 1. The molecule has 7 heteroatoms. The molecule has 0 spiro atoms. The monoisotopic (exact) mass is 379 g/mol. The molecule has 1 atom stereocenters. The average Bonchev–Trinajstić information content (AvgIpc) is 3.19. The smallest absolute Gasteiger partial charge is 0.271 e. The summed E-state index contributed by atoms with van der Waals surface area (Å²) < 4.78 is 34.2. The largest absolute Gasteiger partial charge is 0.476 e. The van der Waals surface area contributed by atoms with Crippen molar-refractivity contribution in [2.24, 2.45) is 0 Å². The minimum Gasteiger partial charge on any atom is -0.476 e. The second kappa shape index (κ2) is 7.48. The maximum Gasteiger partial charge on any atom is 0.271 e. The third-order valence-corrected chi connectivity index (χ3v) is 4.17. The molecule has 0 aliphatic carbocycles. The molecule has 0 bridgehead atoms. The maximum absolute atomic E-state index is 13.6. The highest BCUT2D eigenvalue weighted by molar-refractivity contribution is 5.94. The molecule has 4 aromatic rings. The number of amides is 1. The first-order chi connectivity index (χ1) is 13.6. The van der Waals surface area contributed by atoms with Crippen LogP contribution in [0, 0.1) is 11.6 Å². The molecule has 2 aromatic heterocycles. The number of aromatic nitrogens is 2. The quantitative estimate of drug-likeness (QED) is 0.560. The minimum absolute atomic E-state index is 0.0451. The number of imidazole rings is 1. The van der Waals surface area contributed by atoms with Gasteiger partial charge in [-0.3, -0.25) is 9.20 Å². The summed E-state index contributed by atoms with van der Waals surface area (Å²) in [6.07, 6.45) is 2.28. The predicted octanol–water partition coefficient (Wildman–Crippen LogP) is 4.37. The Morgan fingerprint density at radius 2 is 1.82 bits per heavy atom. The van der Waals surface area contributed by atoms with Gasteiger partial charge in [-0.1, -0.05) is 36.4 Å². The van der Waals surface area contributed by atoms with Gasteiger partial charge in [0.15, 0.2) is 11.6 Å². The normalized spacial score (nSPS) is 11.9. The van der Waals surface area contributed by atoms with E-state index in [1.807, 2.05) is 12.1 Å². The van der Waals surface area contributed by atoms with Gasteiger partial charge in [0.25, 0.3) is 5.91 Å². The van der Waals surface area contributed by atoms with Crippen LogP contribution in [0.2, 0.25) is 0 Å². The Labute approximate surface area is 159 Å². The van der Waals surface area contributed by atoms with E-state index in [1.165, 1.54) is 6.07 Å². The zero-order valence-corrected chi connectivity index (χ0v) is 14.5. The van der Waals surface area contributed by atoms with Crippen LogP contribution in [0.1, 0.15) is 11.7 Å². The van der Waals surface area contributed by atoms with Crippen molar-refractivity contribution in [3.8, 4) is 5.75 Å². The van der Waals surface area contributed by atoms with Crippen LogP contribution in [0.25, 0.3) is 5.65 Å². The van der Waals surface area contributed by atoms with Crippen molar-refractivity contribution in [3.63, 3.8) is 0 Å². The number of anilines is 1. The molecular weight excluding hydrogens is 364 g/mol. The van der Waals surface area contributed by atoms with Crippen LogP contribution in [-0.2, 0) is 4.79 Å². The molecule has 0 saturated heterocycles. The van der Waals surface area contributed by atoms with E-state index in [0.717, 1.165) is 12.1 Å². The van der Waals surface area contributed by atoms with E-state index in [1.54, 1.807) is 53.2 Å². The number of rotatable bonds is 5. The lowest BCUT2D eigenvalue weighted by atomic mass is 10.1. The van der Waals surface area contributed by atoms with Crippen LogP contribution in [0.3, 0.4) is 0 Å². The zero-order valence-electron chi connectivity index (χ0n) is 14.5. The van der Waals surface area contributed by atoms with Crippen molar-refractivity contribution in [2.45, 2.75) is 6.10 Å². The molecule has 1 unspecified atom stereocenters. The van der Waals surface area contributed by atoms with Gasteiger partial charge in [-0.05, 0) is 24.3 Å². The van der Waals surface area contributed by atoms with Crippen molar-refractivity contribution < 1.29 is 18.3 Å². The Kier molecular flexibility index (Phi) is 4.72. The van der Waals surface area contributed by atoms with Gasteiger partial charge >= 0.3 is 0 Å². The Morgan fingerprint density at radius 1 is 1.00 bits per heavy atom. The summed E-state index contributed by atoms with van der Waals surface area (Å²) >= 11 is 0. The molecule has 0 aliphatic heterocycles. The van der Waals surface area contributed by atoms with Crippen molar-refractivity contribution >= 4 is 17.4 Å². The van der Waals surface area contributed by atoms with E-state index >= 15 is 0 Å². The van der Waals surface area contributed by atoms with E-state index < -0.39 is 23.6 Å². The van der Waals surface area contributed by atoms with Crippen LogP contribution in [0.15, 0.2) is 79.1 Å². The van der Waals surface area contributed by atoms with Gasteiger partial charge in [0, 0.05) is 24.0 Å². The number of halogens is 2. The number of pyridine rings is 1. The zero-order chi connectivity index (χ0) is 19.5. The molecule has 0 saturated carbocycles. The minimum atomic E-state index is -1.06. The summed E-state index contributed by atoms with van der Waals surface area (Å²) in [7, 11) is 0. The molecule has 1 amide bonds. The number of fused-ring (bicyclic) bond motifs is 1. The molecule has 0 radical (unpaired) electrons. The lowest BCUT2D eigenvalue weighted by molar-refractivity contribution is -0.123. The molecule has 28 heavy (non-hydrogen) atoms. The number of hydrogen-bond donors (Lipinski definition) is 1. The summed E-state index contributed by atoms with van der Waals surface area (Å²) in [5.74, 6) is -1.94. The summed E-state index contributed by atoms with van der Waals surface area (Å²) in [4.78, 5) is 17.2. The summed E-state index contributed by atoms with van der Waals surface area (Å²) in [6.45, 7) is 0. The Morgan fingerprint density at radius 3 is 2.61 bits per heavy atom. The Hall–Kier alpha value is -3.74. The van der Waals surface area contributed by atoms with Crippen molar-refractivity contribution in [1.29, 1.82) is 0 Å². The van der Waals surface area contributed by atoms with Crippen LogP contribution in [-0.4, -0.2) is 15.3 Å². The maximum atomic E-state index is 13.6. The highest BCUT2D eigenvalue weighted by atomic mass is 19.2. The summed E-state index contributed by atoms with van der Waals surface area (Å²) in [5, 5.41) is 2.81. The highest BCUT2D eigenvalue weighted by Gasteiger charge is 2.24. The standard InChI is InChI=1S/C21H15F2N3O2/c22-16-10-9-15(13-17(16)23)28-20(14-5-2-1-3-6-14)21(27)25-19-8-4-7-18-24-11-12-26(18)19/h1-13,20H,(H,25,27). The first-order valence-corrected chi connectivity index (χ1v) is 8.51. The second-order valence-corrected chi connectivity index (χ2v) is 6.04. The Bertz CT molecular complexity index is 1130. The van der Waals surface area contributed by atoms with Crippen LogP contribution in [0.4, 0.5) is 14.6 Å². The van der Waals surface area contributed by atoms with Gasteiger partial charge in [0.1, 0.15) is 17.2 Å². The molecule has 5 nitrogen and oxygen atoms in total. The third-order valence-electron chi connectivity index (χ3n) is 4.17. The first-order valence-electron chi connectivity index (χ1n) is 8.51. The van der Waals surface area contributed by atoms with Crippen LogP contribution < -0.4 is 10.1 Å². The lowest BCUT2D eigenvalue weighted by Crippen LogP contribution is -2.26. The topological polar surface area (TPSA) is 55.6 Å². The average molecular weight is 379 g/mol. The van der Waals surface area contributed by atoms with Gasteiger partial charge < -0.3 is 10.1 Å². The molecule has 4 rings (SSSR count). The van der Waals surface area contributed by atoms with Gasteiger partial charge in [-0.25, -0.2) is 13.8 Å². The van der Waals surface area contributed by atoms with Gasteiger partial charge in [0.2, 0.25) is 6.10 Å². The van der Waals surface area contributed by atoms with E-state index in [-0.39, 0.29) is 5.75 Å². The molecule has 0 aliphatic rings. The first kappa shape index (κ1) is 17.7. The Balaban J connectivity index is 1.65. The number of nitrogens with zero attached hydrogens (tertiary/aromatic N) is 2. The fraction of sp³-hybridized carbons (Fsp3) is 0.0476. The van der Waals surface area contributed by atoms with Gasteiger partial charge in [-0.2, -0.15) is 0 Å². The van der Waals surface area contributed by atoms with Crippen LogP contribution in [0.5, 0.6) is 5.75 Å². The molecule has 2 heterocycles. The van der Waals surface area contributed by atoms with E-state index in [9.17, 15) is 13.6 Å². The lowest BCUT2D eigenvalue weighted by Gasteiger charge is -2.19. The highest BCUT2D eigenvalue weighted by Crippen LogP contribution is 2.25. The van der Waals surface area contributed by atoms with E-state index in [0.29, 0.717) is 17.0 Å². The number of carbonyl (C=O) groups is 1. The van der Waals surface area contributed by atoms with Crippen LogP contribution >= 0.6 is 0 Å². The molecule has 140 valence electrons. The fourth-order valence-corrected chi connectivity index (χ4v) is 2.83. The summed E-state index contributed by atoms with van der Waals surface area (Å²) in [5.41, 5.74) is 1.25. The molecule has 2 aromatic carbocycles. The number of carbonyl (C=O) groups excluding carboxylic acids is 1. The molecule has 1 N–H and O–H groups in total. The van der Waals surface area contributed by atoms with Crippen molar-refractivity contribution in [1.82, 2.24) is 9.38 Å². The number of benzene rings is 2. The summed E-state index contributed by atoms with van der Waals surface area (Å²) in [6, 6.07) is 17.2. The fourth-order valence-electron chi connectivity index (χ4n) is 2.83. The number of hydrogen-bond acceptors (Lipinski definition) is 3. The third kappa shape index (κ3) is 3.55. The molecule has 0 fully saturated rings. The predicted molar refractivity (Wildman–Crippen MR) is 100.0 cm³/mol.